The maximum atomic E-state index is 12.3. The topological polar surface area (TPSA) is 94.1 Å². The van der Waals surface area contributed by atoms with Crippen molar-refractivity contribution in [3.05, 3.63) is 89.0 Å². The van der Waals surface area contributed by atoms with Crippen molar-refractivity contribution >= 4 is 22.2 Å². The molecule has 1 N–H and O–H groups in total. The first-order valence-electron chi connectivity index (χ1n) is 9.37. The van der Waals surface area contributed by atoms with Crippen molar-refractivity contribution in [2.75, 3.05) is 7.11 Å². The molecule has 3 aromatic carbocycles. The van der Waals surface area contributed by atoms with Crippen LogP contribution in [0.2, 0.25) is 0 Å². The van der Waals surface area contributed by atoms with Gasteiger partial charge < -0.3 is 9.47 Å². The number of rotatable bonds is 7. The minimum absolute atomic E-state index is 0.117. The summed E-state index contributed by atoms with van der Waals surface area (Å²) in [6.07, 6.45) is 1.33. The molecule has 0 heterocycles. The van der Waals surface area contributed by atoms with Gasteiger partial charge >= 0.3 is 5.97 Å². The summed E-state index contributed by atoms with van der Waals surface area (Å²) in [6.45, 7) is 3.80. The number of esters is 1. The molecular formula is C23H22N2O5S. The minimum Gasteiger partial charge on any atom is -0.493 e. The zero-order valence-electron chi connectivity index (χ0n) is 17.3. The Kier molecular flexibility index (Phi) is 6.71. The van der Waals surface area contributed by atoms with Crippen molar-refractivity contribution in [3.8, 4) is 11.5 Å². The molecule has 31 heavy (non-hydrogen) atoms. The van der Waals surface area contributed by atoms with Gasteiger partial charge in [-0.1, -0.05) is 35.4 Å². The highest BCUT2D eigenvalue weighted by Gasteiger charge is 2.14. The third-order valence-electron chi connectivity index (χ3n) is 4.40. The fraction of sp³-hybridized carbons (Fsp3) is 0.130. The molecule has 0 amide bonds. The molecule has 8 heteroatoms. The van der Waals surface area contributed by atoms with Gasteiger partial charge in [-0.05, 0) is 61.9 Å². The van der Waals surface area contributed by atoms with Crippen LogP contribution in [0, 0.1) is 13.8 Å². The highest BCUT2D eigenvalue weighted by Crippen LogP contribution is 2.28. The van der Waals surface area contributed by atoms with Crippen molar-refractivity contribution in [3.63, 3.8) is 0 Å². The number of sulfonamides is 1. The van der Waals surface area contributed by atoms with Gasteiger partial charge in [-0.3, -0.25) is 0 Å². The Morgan fingerprint density at radius 3 is 2.13 bits per heavy atom. The van der Waals surface area contributed by atoms with E-state index in [1.807, 2.05) is 26.0 Å². The van der Waals surface area contributed by atoms with Gasteiger partial charge in [0.2, 0.25) is 0 Å². The number of hydrogen-bond acceptors (Lipinski definition) is 6. The van der Waals surface area contributed by atoms with Crippen LogP contribution in [0.25, 0.3) is 0 Å². The van der Waals surface area contributed by atoms with E-state index < -0.39 is 16.0 Å². The monoisotopic (exact) mass is 438 g/mol. The summed E-state index contributed by atoms with van der Waals surface area (Å²) in [4.78, 5) is 14.6. The lowest BCUT2D eigenvalue weighted by molar-refractivity contribution is 0.0729. The zero-order chi connectivity index (χ0) is 22.4. The van der Waals surface area contributed by atoms with Gasteiger partial charge in [0, 0.05) is 0 Å². The van der Waals surface area contributed by atoms with E-state index in [0.717, 1.165) is 11.1 Å². The molecule has 0 saturated carbocycles. The molecule has 0 aliphatic heterocycles. The van der Waals surface area contributed by atoms with Crippen LogP contribution in [-0.2, 0) is 10.0 Å². The fourth-order valence-electron chi connectivity index (χ4n) is 2.64. The Hall–Kier alpha value is -3.65. The quantitative estimate of drug-likeness (QED) is 0.262. The van der Waals surface area contributed by atoms with Crippen molar-refractivity contribution in [1.82, 2.24) is 4.83 Å². The first-order valence-corrected chi connectivity index (χ1v) is 10.9. The second-order valence-electron chi connectivity index (χ2n) is 6.83. The van der Waals surface area contributed by atoms with Crippen LogP contribution in [-0.4, -0.2) is 27.7 Å². The Morgan fingerprint density at radius 2 is 1.52 bits per heavy atom. The Morgan fingerprint density at radius 1 is 0.903 bits per heavy atom. The third-order valence-corrected chi connectivity index (χ3v) is 5.63. The van der Waals surface area contributed by atoms with Crippen molar-refractivity contribution in [1.29, 1.82) is 0 Å². The summed E-state index contributed by atoms with van der Waals surface area (Å²) in [6, 6.07) is 18.2. The molecule has 0 aliphatic carbocycles. The normalized spacial score (nSPS) is 11.3. The second-order valence-corrected chi connectivity index (χ2v) is 8.49. The maximum Gasteiger partial charge on any atom is 0.343 e. The number of nitrogens with one attached hydrogen (secondary N) is 1. The lowest BCUT2D eigenvalue weighted by atomic mass is 10.1. The largest absolute Gasteiger partial charge is 0.493 e. The highest BCUT2D eigenvalue weighted by molar-refractivity contribution is 7.89. The van der Waals surface area contributed by atoms with Gasteiger partial charge in [-0.25, -0.2) is 9.63 Å². The summed E-state index contributed by atoms with van der Waals surface area (Å²) >= 11 is 0. The number of hydrogen-bond donors (Lipinski definition) is 1. The lowest BCUT2D eigenvalue weighted by Gasteiger charge is -2.10. The highest BCUT2D eigenvalue weighted by atomic mass is 32.2. The molecular weight excluding hydrogens is 416 g/mol. The van der Waals surface area contributed by atoms with E-state index in [-0.39, 0.29) is 10.6 Å². The maximum absolute atomic E-state index is 12.3. The minimum atomic E-state index is -3.77. The molecule has 3 rings (SSSR count). The summed E-state index contributed by atoms with van der Waals surface area (Å²) < 4.78 is 35.3. The van der Waals surface area contributed by atoms with Crippen LogP contribution < -0.4 is 14.3 Å². The van der Waals surface area contributed by atoms with Crippen molar-refractivity contribution in [2.45, 2.75) is 18.7 Å². The van der Waals surface area contributed by atoms with E-state index >= 15 is 0 Å². The number of methoxy groups -OCH3 is 1. The Labute approximate surface area is 181 Å². The van der Waals surface area contributed by atoms with Gasteiger partial charge in [0.15, 0.2) is 11.5 Å². The predicted octanol–water partition coefficient (Wildman–Crippen LogP) is 3.84. The first kappa shape index (κ1) is 22.0. The predicted molar refractivity (Wildman–Crippen MR) is 118 cm³/mol. The first-order chi connectivity index (χ1) is 14.8. The van der Waals surface area contributed by atoms with E-state index in [9.17, 15) is 13.2 Å². The lowest BCUT2D eigenvalue weighted by Crippen LogP contribution is -2.18. The van der Waals surface area contributed by atoms with Gasteiger partial charge in [0.25, 0.3) is 10.0 Å². The summed E-state index contributed by atoms with van der Waals surface area (Å²) in [5.41, 5.74) is 2.97. The van der Waals surface area contributed by atoms with Crippen LogP contribution in [0.1, 0.15) is 27.0 Å². The van der Waals surface area contributed by atoms with E-state index in [4.69, 9.17) is 9.47 Å². The number of nitrogens with zero attached hydrogens (tertiary/aromatic N) is 1. The molecule has 3 aromatic rings. The van der Waals surface area contributed by atoms with Crippen LogP contribution >= 0.6 is 0 Å². The number of aryl methyl sites for hydroxylation is 2. The smallest absolute Gasteiger partial charge is 0.343 e. The molecule has 0 fully saturated rings. The molecule has 0 aromatic heterocycles. The van der Waals surface area contributed by atoms with Gasteiger partial charge in [0.05, 0.1) is 23.8 Å². The summed E-state index contributed by atoms with van der Waals surface area (Å²) in [5.74, 6) is 0.0434. The molecule has 0 spiro atoms. The van der Waals surface area contributed by atoms with Crippen molar-refractivity contribution in [2.24, 2.45) is 5.10 Å². The average Bonchev–Trinajstić information content (AvgIpc) is 2.75. The molecule has 160 valence electrons. The van der Waals surface area contributed by atoms with Gasteiger partial charge in [-0.15, -0.1) is 0 Å². The number of carbonyl (C=O) groups excluding carboxylic acids is 1. The Bertz CT molecular complexity index is 1200. The molecule has 0 unspecified atom stereocenters. The van der Waals surface area contributed by atoms with Crippen LogP contribution in [0.15, 0.2) is 76.7 Å². The second kappa shape index (κ2) is 9.44. The molecule has 0 atom stereocenters. The molecule has 0 bridgehead atoms. The number of benzene rings is 3. The van der Waals surface area contributed by atoms with Gasteiger partial charge in [-0.2, -0.15) is 13.5 Å². The van der Waals surface area contributed by atoms with Crippen LogP contribution in [0.4, 0.5) is 0 Å². The van der Waals surface area contributed by atoms with E-state index in [1.165, 1.54) is 25.5 Å². The van der Waals surface area contributed by atoms with E-state index in [2.05, 4.69) is 9.93 Å². The summed E-state index contributed by atoms with van der Waals surface area (Å²) in [5, 5.41) is 3.81. The average molecular weight is 439 g/mol. The molecule has 0 saturated heterocycles. The van der Waals surface area contributed by atoms with Crippen LogP contribution in [0.5, 0.6) is 11.5 Å². The van der Waals surface area contributed by atoms with E-state index in [1.54, 1.807) is 42.5 Å². The fourth-order valence-corrected chi connectivity index (χ4v) is 3.43. The van der Waals surface area contributed by atoms with E-state index in [0.29, 0.717) is 16.9 Å². The number of ether oxygens (including phenoxy) is 2. The number of carbonyl (C=O) groups is 1. The van der Waals surface area contributed by atoms with Crippen molar-refractivity contribution < 1.29 is 22.7 Å². The SMILES string of the molecule is COc1cc(/C=N\NS(=O)(=O)c2ccc(C)cc2)ccc1OC(=O)c1ccc(C)cc1. The zero-order valence-corrected chi connectivity index (χ0v) is 18.1. The van der Waals surface area contributed by atoms with Gasteiger partial charge in [0.1, 0.15) is 0 Å². The standard InChI is InChI=1S/C23H22N2O5S/c1-16-4-9-19(10-5-16)23(26)30-21-13-8-18(14-22(21)29-3)15-24-25-31(27,28)20-11-6-17(2)7-12-20/h4-15,25H,1-3H3/b24-15-. The molecule has 7 nitrogen and oxygen atoms in total. The third kappa shape index (κ3) is 5.70. The Balaban J connectivity index is 1.71. The molecule has 0 aliphatic rings. The summed E-state index contributed by atoms with van der Waals surface area (Å²) in [7, 11) is -2.33. The van der Waals surface area contributed by atoms with Crippen LogP contribution in [0.3, 0.4) is 0 Å². The number of hydrazone groups is 1. The molecule has 0 radical (unpaired) electrons.